The van der Waals surface area contributed by atoms with Gasteiger partial charge in [0.2, 0.25) is 0 Å². The molecule has 0 atom stereocenters. The molecule has 6 heteroatoms. The Morgan fingerprint density at radius 1 is 1.05 bits per heavy atom. The number of halogens is 4. The van der Waals surface area contributed by atoms with Gasteiger partial charge in [-0.3, -0.25) is 0 Å². The summed E-state index contributed by atoms with van der Waals surface area (Å²) in [6, 6.07) is 9.89. The Hall–Kier alpha value is -0.230. The number of rotatable bonds is 5. The Morgan fingerprint density at radius 3 is 2.29 bits per heavy atom. The summed E-state index contributed by atoms with van der Waals surface area (Å²) < 4.78 is 8.34. The van der Waals surface area contributed by atoms with Gasteiger partial charge in [-0.1, -0.05) is 11.6 Å². The lowest BCUT2D eigenvalue weighted by atomic mass is 10.2. The zero-order valence-electron chi connectivity index (χ0n) is 11.2. The van der Waals surface area contributed by atoms with Crippen LogP contribution in [-0.2, 0) is 6.54 Å². The maximum atomic E-state index is 6.08. The molecule has 0 radical (unpaired) electrons. The molecule has 2 aromatic carbocycles. The van der Waals surface area contributed by atoms with Crippen LogP contribution in [0.2, 0.25) is 5.02 Å². The zero-order chi connectivity index (χ0) is 15.4. The highest BCUT2D eigenvalue weighted by Gasteiger charge is 2.08. The smallest absolute Gasteiger partial charge is 0.147 e. The first kappa shape index (κ1) is 17.1. The predicted octanol–water partition coefficient (Wildman–Crippen LogP) is 6.64. The highest BCUT2D eigenvalue weighted by atomic mass is 79.9. The van der Waals surface area contributed by atoms with Gasteiger partial charge in [0, 0.05) is 16.7 Å². The summed E-state index contributed by atoms with van der Waals surface area (Å²) in [6.07, 6.45) is 0. The van der Waals surface area contributed by atoms with Crippen LogP contribution >= 0.6 is 59.4 Å². The van der Waals surface area contributed by atoms with E-state index in [4.69, 9.17) is 16.3 Å². The van der Waals surface area contributed by atoms with E-state index in [1.54, 1.807) is 0 Å². The highest BCUT2D eigenvalue weighted by molar-refractivity contribution is 9.11. The first-order valence-corrected chi connectivity index (χ1v) is 9.06. The molecule has 0 spiro atoms. The van der Waals surface area contributed by atoms with Crippen LogP contribution in [0.1, 0.15) is 12.5 Å². The fraction of sp³-hybridized carbons (Fsp3) is 0.200. The first-order valence-electron chi connectivity index (χ1n) is 6.31. The van der Waals surface area contributed by atoms with Gasteiger partial charge in [-0.15, -0.1) is 0 Å². The molecule has 0 saturated carbocycles. The summed E-state index contributed by atoms with van der Waals surface area (Å²) in [7, 11) is 0. The zero-order valence-corrected chi connectivity index (χ0v) is 16.7. The number of anilines is 1. The van der Waals surface area contributed by atoms with Gasteiger partial charge >= 0.3 is 0 Å². The predicted molar refractivity (Wildman–Crippen MR) is 99.5 cm³/mol. The van der Waals surface area contributed by atoms with Gasteiger partial charge in [0.1, 0.15) is 5.75 Å². The van der Waals surface area contributed by atoms with Crippen molar-refractivity contribution in [2.24, 2.45) is 0 Å². The Kier molecular flexibility index (Phi) is 6.41. The van der Waals surface area contributed by atoms with Gasteiger partial charge in [-0.05, 0) is 90.6 Å². The fourth-order valence-corrected chi connectivity index (χ4v) is 3.74. The number of hydrogen-bond acceptors (Lipinski definition) is 2. The lowest BCUT2D eigenvalue weighted by molar-refractivity contribution is 0.336. The molecule has 0 saturated heterocycles. The SMILES string of the molecule is CCOc1c(Br)cc(CNc2ccc(Br)c(Cl)c2)cc1Br. The van der Waals surface area contributed by atoms with Crippen LogP contribution in [0.15, 0.2) is 43.7 Å². The Balaban J connectivity index is 2.11. The molecule has 1 N–H and O–H groups in total. The van der Waals surface area contributed by atoms with E-state index in [9.17, 15) is 0 Å². The van der Waals surface area contributed by atoms with Crippen molar-refractivity contribution >= 4 is 65.1 Å². The standard InChI is InChI=1S/C15H13Br3ClNO/c1-2-21-15-12(17)5-9(6-13(15)18)8-20-10-3-4-11(16)14(19)7-10/h3-7,20H,2,8H2,1H3. The lowest BCUT2D eigenvalue weighted by Crippen LogP contribution is -2.01. The van der Waals surface area contributed by atoms with Gasteiger partial charge < -0.3 is 10.1 Å². The van der Waals surface area contributed by atoms with E-state index in [0.29, 0.717) is 18.2 Å². The third-order valence-electron chi connectivity index (χ3n) is 2.76. The highest BCUT2D eigenvalue weighted by Crippen LogP contribution is 2.35. The Labute approximate surface area is 154 Å². The van der Waals surface area contributed by atoms with E-state index in [-0.39, 0.29) is 0 Å². The third-order valence-corrected chi connectivity index (χ3v) is 5.17. The minimum absolute atomic E-state index is 0.631. The van der Waals surface area contributed by atoms with E-state index >= 15 is 0 Å². The molecule has 0 fully saturated rings. The van der Waals surface area contributed by atoms with E-state index in [2.05, 4.69) is 53.1 Å². The van der Waals surface area contributed by atoms with Crippen molar-refractivity contribution in [3.63, 3.8) is 0 Å². The van der Waals surface area contributed by atoms with Crippen LogP contribution in [0.5, 0.6) is 5.75 Å². The molecule has 2 rings (SSSR count). The average molecular weight is 498 g/mol. The van der Waals surface area contributed by atoms with Crippen LogP contribution in [0.25, 0.3) is 0 Å². The largest absolute Gasteiger partial charge is 0.492 e. The van der Waals surface area contributed by atoms with E-state index in [1.165, 1.54) is 0 Å². The maximum absolute atomic E-state index is 6.08. The van der Waals surface area contributed by atoms with Crippen LogP contribution in [0.4, 0.5) is 5.69 Å². The van der Waals surface area contributed by atoms with E-state index < -0.39 is 0 Å². The van der Waals surface area contributed by atoms with Crippen LogP contribution < -0.4 is 10.1 Å². The summed E-state index contributed by atoms with van der Waals surface area (Å²) in [5.74, 6) is 0.827. The second-order valence-electron chi connectivity index (χ2n) is 4.30. The minimum atomic E-state index is 0.631. The number of ether oxygens (including phenoxy) is 1. The molecule has 0 bridgehead atoms. The van der Waals surface area contributed by atoms with Gasteiger partial charge in [-0.25, -0.2) is 0 Å². The second kappa shape index (κ2) is 7.86. The topological polar surface area (TPSA) is 21.3 Å². The Morgan fingerprint density at radius 2 is 1.71 bits per heavy atom. The van der Waals surface area contributed by atoms with Crippen molar-refractivity contribution in [3.8, 4) is 5.75 Å². The van der Waals surface area contributed by atoms with Gasteiger partial charge in [0.15, 0.2) is 0 Å². The molecule has 0 aliphatic rings. The fourth-order valence-electron chi connectivity index (χ4n) is 1.81. The van der Waals surface area contributed by atoms with Crippen LogP contribution in [0.3, 0.4) is 0 Å². The molecular formula is C15H13Br3ClNO. The first-order chi connectivity index (χ1) is 10.0. The van der Waals surface area contributed by atoms with Gasteiger partial charge in [0.25, 0.3) is 0 Å². The van der Waals surface area contributed by atoms with Gasteiger partial charge in [-0.2, -0.15) is 0 Å². The van der Waals surface area contributed by atoms with Crippen molar-refractivity contribution in [1.29, 1.82) is 0 Å². The molecular weight excluding hydrogens is 485 g/mol. The molecule has 21 heavy (non-hydrogen) atoms. The van der Waals surface area contributed by atoms with Crippen LogP contribution in [0, 0.1) is 0 Å². The van der Waals surface area contributed by atoms with Crippen molar-refractivity contribution in [1.82, 2.24) is 0 Å². The summed E-state index contributed by atoms with van der Waals surface area (Å²) in [6.45, 7) is 3.29. The van der Waals surface area contributed by atoms with Crippen molar-refractivity contribution < 1.29 is 4.74 Å². The molecule has 112 valence electrons. The van der Waals surface area contributed by atoms with E-state index in [0.717, 1.165) is 30.4 Å². The van der Waals surface area contributed by atoms with Crippen molar-refractivity contribution in [2.45, 2.75) is 13.5 Å². The molecule has 2 nitrogen and oxygen atoms in total. The summed E-state index contributed by atoms with van der Waals surface area (Å²) in [5.41, 5.74) is 2.11. The Bertz CT molecular complexity index is 626. The van der Waals surface area contributed by atoms with Crippen molar-refractivity contribution in [3.05, 3.63) is 54.3 Å². The molecule has 0 heterocycles. The quantitative estimate of drug-likeness (QED) is 0.499. The van der Waals surface area contributed by atoms with Crippen LogP contribution in [-0.4, -0.2) is 6.61 Å². The molecule has 0 amide bonds. The van der Waals surface area contributed by atoms with E-state index in [1.807, 2.05) is 37.3 Å². The molecule has 0 aliphatic heterocycles. The van der Waals surface area contributed by atoms with Crippen molar-refractivity contribution in [2.75, 3.05) is 11.9 Å². The minimum Gasteiger partial charge on any atom is -0.492 e. The molecule has 0 unspecified atom stereocenters. The lowest BCUT2D eigenvalue weighted by Gasteiger charge is -2.12. The third kappa shape index (κ3) is 4.62. The second-order valence-corrected chi connectivity index (χ2v) is 7.27. The number of benzene rings is 2. The summed E-state index contributed by atoms with van der Waals surface area (Å²) >= 11 is 16.5. The molecule has 2 aromatic rings. The number of hydrogen-bond donors (Lipinski definition) is 1. The molecule has 0 aliphatic carbocycles. The van der Waals surface area contributed by atoms with Gasteiger partial charge in [0.05, 0.1) is 20.6 Å². The maximum Gasteiger partial charge on any atom is 0.147 e. The average Bonchev–Trinajstić information content (AvgIpc) is 2.44. The summed E-state index contributed by atoms with van der Waals surface area (Å²) in [5, 5.41) is 4.04. The number of nitrogens with one attached hydrogen (secondary N) is 1. The monoisotopic (exact) mass is 495 g/mol. The molecule has 0 aromatic heterocycles. The normalized spacial score (nSPS) is 10.5. The summed E-state index contributed by atoms with van der Waals surface area (Å²) in [4.78, 5) is 0.